The molecule has 0 amide bonds. The minimum absolute atomic E-state index is 0.0183. The van der Waals surface area contributed by atoms with Crippen LogP contribution in [0.1, 0.15) is 70.1 Å². The normalized spacial score (nSPS) is 16.9. The van der Waals surface area contributed by atoms with Gasteiger partial charge in [-0.05, 0) is 82.5 Å². The summed E-state index contributed by atoms with van der Waals surface area (Å²) in [6, 6.07) is 14.2. The van der Waals surface area contributed by atoms with Crippen molar-refractivity contribution in [2.24, 2.45) is 0 Å². The summed E-state index contributed by atoms with van der Waals surface area (Å²) < 4.78 is 58.4. The van der Waals surface area contributed by atoms with E-state index in [9.17, 15) is 33.2 Å². The van der Waals surface area contributed by atoms with Crippen molar-refractivity contribution < 1.29 is 22.7 Å². The van der Waals surface area contributed by atoms with E-state index >= 15 is 0 Å². The van der Waals surface area contributed by atoms with Gasteiger partial charge >= 0.3 is 0 Å². The quantitative estimate of drug-likeness (QED) is 0.411. The Hall–Kier alpha value is -3.68. The Labute approximate surface area is 200 Å². The molecular formula is C28H22F4N2O. The van der Waals surface area contributed by atoms with Crippen LogP contribution < -0.4 is 0 Å². The molecule has 35 heavy (non-hydrogen) atoms. The topological polar surface area (TPSA) is 67.8 Å². The number of aliphatic hydroxyl groups is 1. The van der Waals surface area contributed by atoms with Gasteiger partial charge in [0, 0.05) is 6.42 Å². The molecule has 1 N–H and O–H groups in total. The summed E-state index contributed by atoms with van der Waals surface area (Å²) in [5.41, 5.74) is 2.81. The van der Waals surface area contributed by atoms with Crippen molar-refractivity contribution in [2.45, 2.75) is 51.3 Å². The van der Waals surface area contributed by atoms with Crippen LogP contribution in [0.3, 0.4) is 0 Å². The number of hydrogen-bond donors (Lipinski definition) is 1. The van der Waals surface area contributed by atoms with Gasteiger partial charge in [0.15, 0.2) is 0 Å². The first-order valence-corrected chi connectivity index (χ1v) is 11.2. The van der Waals surface area contributed by atoms with Crippen LogP contribution in [0, 0.1) is 35.4 Å². The summed E-state index contributed by atoms with van der Waals surface area (Å²) in [6.07, 6.45) is -4.33. The van der Waals surface area contributed by atoms with E-state index in [-0.39, 0.29) is 40.7 Å². The van der Waals surface area contributed by atoms with Gasteiger partial charge in [-0.1, -0.05) is 31.2 Å². The first kappa shape index (κ1) is 24.4. The number of aliphatic hydroxyl groups excluding tert-OH is 1. The highest BCUT2D eigenvalue weighted by Crippen LogP contribution is 2.49. The van der Waals surface area contributed by atoms with E-state index in [4.69, 9.17) is 0 Å². The molecule has 0 saturated carbocycles. The van der Waals surface area contributed by atoms with Gasteiger partial charge in [0.2, 0.25) is 0 Å². The maximum atomic E-state index is 14.8. The van der Waals surface area contributed by atoms with E-state index in [2.05, 4.69) is 6.07 Å². The molecule has 0 bridgehead atoms. The summed E-state index contributed by atoms with van der Waals surface area (Å²) in [6.45, 7) is 3.30. The fourth-order valence-corrected chi connectivity index (χ4v) is 4.87. The van der Waals surface area contributed by atoms with Gasteiger partial charge in [0.1, 0.15) is 18.1 Å². The summed E-state index contributed by atoms with van der Waals surface area (Å²) in [7, 11) is 0. The van der Waals surface area contributed by atoms with Crippen molar-refractivity contribution in [1.82, 2.24) is 0 Å². The van der Waals surface area contributed by atoms with E-state index in [1.807, 2.05) is 6.07 Å². The number of benzene rings is 3. The average molecular weight is 478 g/mol. The van der Waals surface area contributed by atoms with Crippen molar-refractivity contribution in [1.29, 1.82) is 10.5 Å². The standard InChI is InChI=1S/C28H22F4N2O/c1-3-25(30)23-11-19(29)9-18(14-34)22(23)10-16-7-8-21(20-6-4-5-17(13-33)15(20)2)26-24(16)12-28(31,32)27(26)35/h4-9,11,25,27,35H,3,10,12H2,1-2H3. The summed E-state index contributed by atoms with van der Waals surface area (Å²) in [5, 5.41) is 29.5. The molecule has 4 rings (SSSR count). The van der Waals surface area contributed by atoms with Crippen molar-refractivity contribution in [3.63, 3.8) is 0 Å². The fourth-order valence-electron chi connectivity index (χ4n) is 4.87. The molecule has 0 aliphatic heterocycles. The van der Waals surface area contributed by atoms with Gasteiger partial charge in [-0.15, -0.1) is 0 Å². The number of rotatable bonds is 5. The van der Waals surface area contributed by atoms with Crippen LogP contribution in [0.4, 0.5) is 17.6 Å². The number of hydrogen-bond acceptors (Lipinski definition) is 3. The molecule has 3 aromatic carbocycles. The number of alkyl halides is 3. The lowest BCUT2D eigenvalue weighted by molar-refractivity contribution is -0.0966. The zero-order valence-electron chi connectivity index (χ0n) is 19.2. The number of nitriles is 2. The van der Waals surface area contributed by atoms with Gasteiger partial charge in [-0.3, -0.25) is 0 Å². The Balaban J connectivity index is 1.93. The van der Waals surface area contributed by atoms with Gasteiger partial charge < -0.3 is 5.11 Å². The second-order valence-corrected chi connectivity index (χ2v) is 8.78. The molecule has 2 atom stereocenters. The fraction of sp³-hybridized carbons (Fsp3) is 0.286. The van der Waals surface area contributed by atoms with Crippen LogP contribution in [0.25, 0.3) is 11.1 Å². The van der Waals surface area contributed by atoms with E-state index in [1.165, 1.54) is 0 Å². The molecule has 3 aromatic rings. The third kappa shape index (κ3) is 4.17. The van der Waals surface area contributed by atoms with Gasteiger partial charge in [-0.25, -0.2) is 17.6 Å². The lowest BCUT2D eigenvalue weighted by atomic mass is 9.86. The Bertz CT molecular complexity index is 1400. The Morgan fingerprint density at radius 2 is 1.80 bits per heavy atom. The zero-order valence-corrected chi connectivity index (χ0v) is 19.2. The highest BCUT2D eigenvalue weighted by Gasteiger charge is 2.49. The van der Waals surface area contributed by atoms with E-state index in [0.29, 0.717) is 27.8 Å². The molecule has 0 radical (unpaired) electrons. The van der Waals surface area contributed by atoms with E-state index in [1.54, 1.807) is 44.2 Å². The molecular weight excluding hydrogens is 456 g/mol. The van der Waals surface area contributed by atoms with Crippen molar-refractivity contribution >= 4 is 0 Å². The highest BCUT2D eigenvalue weighted by atomic mass is 19.3. The predicted octanol–water partition coefficient (Wildman–Crippen LogP) is 6.78. The van der Waals surface area contributed by atoms with E-state index in [0.717, 1.165) is 12.1 Å². The molecule has 2 unspecified atom stereocenters. The number of halogens is 4. The Morgan fingerprint density at radius 1 is 1.09 bits per heavy atom. The van der Waals surface area contributed by atoms with Crippen molar-refractivity contribution in [3.05, 3.63) is 92.8 Å². The van der Waals surface area contributed by atoms with Crippen LogP contribution >= 0.6 is 0 Å². The molecule has 0 spiro atoms. The van der Waals surface area contributed by atoms with Gasteiger partial charge in [-0.2, -0.15) is 10.5 Å². The molecule has 0 aromatic heterocycles. The molecule has 0 heterocycles. The summed E-state index contributed by atoms with van der Waals surface area (Å²) in [5.74, 6) is -4.17. The third-order valence-corrected chi connectivity index (χ3v) is 6.72. The Kier molecular flexibility index (Phi) is 6.40. The molecule has 7 heteroatoms. The maximum absolute atomic E-state index is 14.8. The maximum Gasteiger partial charge on any atom is 0.281 e. The van der Waals surface area contributed by atoms with Crippen molar-refractivity contribution in [2.75, 3.05) is 0 Å². The lowest BCUT2D eigenvalue weighted by Crippen LogP contribution is -2.21. The minimum Gasteiger partial charge on any atom is -0.382 e. The molecule has 0 fully saturated rings. The van der Waals surface area contributed by atoms with Crippen LogP contribution in [-0.4, -0.2) is 11.0 Å². The highest BCUT2D eigenvalue weighted by molar-refractivity contribution is 5.76. The first-order chi connectivity index (χ1) is 16.6. The second-order valence-electron chi connectivity index (χ2n) is 8.78. The number of fused-ring (bicyclic) bond motifs is 1. The molecule has 178 valence electrons. The molecule has 3 nitrogen and oxygen atoms in total. The van der Waals surface area contributed by atoms with Gasteiger partial charge in [0.05, 0.1) is 23.3 Å². The second kappa shape index (κ2) is 9.17. The smallest absolute Gasteiger partial charge is 0.281 e. The van der Waals surface area contributed by atoms with Crippen LogP contribution in [-0.2, 0) is 12.8 Å². The molecule has 1 aliphatic carbocycles. The monoisotopic (exact) mass is 478 g/mol. The summed E-state index contributed by atoms with van der Waals surface area (Å²) >= 11 is 0. The third-order valence-electron chi connectivity index (χ3n) is 6.72. The van der Waals surface area contributed by atoms with Gasteiger partial charge in [0.25, 0.3) is 5.92 Å². The Morgan fingerprint density at radius 3 is 2.46 bits per heavy atom. The first-order valence-electron chi connectivity index (χ1n) is 11.2. The van der Waals surface area contributed by atoms with Crippen LogP contribution in [0.5, 0.6) is 0 Å². The van der Waals surface area contributed by atoms with E-state index < -0.39 is 30.4 Å². The van der Waals surface area contributed by atoms with Crippen LogP contribution in [0.15, 0.2) is 42.5 Å². The zero-order chi connectivity index (χ0) is 25.5. The van der Waals surface area contributed by atoms with Crippen LogP contribution in [0.2, 0.25) is 0 Å². The lowest BCUT2D eigenvalue weighted by Gasteiger charge is -2.19. The summed E-state index contributed by atoms with van der Waals surface area (Å²) in [4.78, 5) is 0. The molecule has 1 aliphatic rings. The minimum atomic E-state index is -3.43. The number of nitrogens with zero attached hydrogens (tertiary/aromatic N) is 2. The largest absolute Gasteiger partial charge is 0.382 e. The SMILES string of the molecule is CCC(F)c1cc(F)cc(C#N)c1Cc1ccc(-c2cccc(C#N)c2C)c2c1CC(F)(F)C2O. The molecule has 0 saturated heterocycles. The van der Waals surface area contributed by atoms with Crippen molar-refractivity contribution in [3.8, 4) is 23.3 Å². The predicted molar refractivity (Wildman–Crippen MR) is 123 cm³/mol. The average Bonchev–Trinajstić information content (AvgIpc) is 3.09.